The minimum absolute atomic E-state index is 0.135. The van der Waals surface area contributed by atoms with Gasteiger partial charge in [0.15, 0.2) is 0 Å². The number of amides is 1. The summed E-state index contributed by atoms with van der Waals surface area (Å²) >= 11 is 3.12. The zero-order valence-corrected chi connectivity index (χ0v) is 14.4. The zero-order chi connectivity index (χ0) is 16.5. The van der Waals surface area contributed by atoms with Crippen LogP contribution in [0, 0.1) is 6.92 Å². The average molecular weight is 351 g/mol. The third-order valence-electron chi connectivity index (χ3n) is 3.66. The molecule has 118 valence electrons. The van der Waals surface area contributed by atoms with Gasteiger partial charge < -0.3 is 5.32 Å². The van der Waals surface area contributed by atoms with Crippen LogP contribution < -0.4 is 5.32 Å². The van der Waals surface area contributed by atoms with Gasteiger partial charge in [-0.05, 0) is 31.2 Å². The minimum Gasteiger partial charge on any atom is -0.321 e. The summed E-state index contributed by atoms with van der Waals surface area (Å²) in [7, 11) is 0. The number of rotatable bonds is 3. The molecule has 0 spiro atoms. The molecule has 0 fully saturated rings. The van der Waals surface area contributed by atoms with Gasteiger partial charge in [0.05, 0.1) is 32.1 Å². The van der Waals surface area contributed by atoms with Crippen molar-refractivity contribution in [3.8, 4) is 11.3 Å². The lowest BCUT2D eigenvalue weighted by Gasteiger charge is -2.09. The van der Waals surface area contributed by atoms with E-state index in [4.69, 9.17) is 0 Å². The first-order valence-electron chi connectivity index (χ1n) is 7.37. The number of hydrogen-bond donors (Lipinski definition) is 1. The molecule has 4 rings (SSSR count). The number of nitrogens with zero attached hydrogens (tertiary/aromatic N) is 2. The molecule has 1 amide bonds. The maximum absolute atomic E-state index is 12.6. The highest BCUT2D eigenvalue weighted by atomic mass is 32.1. The Morgan fingerprint density at radius 2 is 2.00 bits per heavy atom. The lowest BCUT2D eigenvalue weighted by Crippen LogP contribution is -2.12. The first-order chi connectivity index (χ1) is 11.7. The zero-order valence-electron chi connectivity index (χ0n) is 12.8. The number of benzene rings is 2. The molecule has 0 saturated carbocycles. The van der Waals surface area contributed by atoms with E-state index in [2.05, 4.69) is 15.3 Å². The van der Waals surface area contributed by atoms with Crippen molar-refractivity contribution in [3.63, 3.8) is 0 Å². The van der Waals surface area contributed by atoms with Crippen LogP contribution in [0.3, 0.4) is 0 Å². The van der Waals surface area contributed by atoms with Crippen LogP contribution in [0.4, 0.5) is 5.69 Å². The predicted octanol–water partition coefficient (Wildman–Crippen LogP) is 4.98. The third kappa shape index (κ3) is 2.81. The highest BCUT2D eigenvalue weighted by Crippen LogP contribution is 2.29. The van der Waals surface area contributed by atoms with E-state index in [1.807, 2.05) is 48.7 Å². The van der Waals surface area contributed by atoms with Gasteiger partial charge >= 0.3 is 0 Å². The quantitative estimate of drug-likeness (QED) is 0.566. The minimum atomic E-state index is -0.135. The van der Waals surface area contributed by atoms with E-state index in [-0.39, 0.29) is 5.91 Å². The van der Waals surface area contributed by atoms with Crippen LogP contribution >= 0.6 is 22.7 Å². The van der Waals surface area contributed by atoms with Gasteiger partial charge in [0.25, 0.3) is 5.91 Å². The Morgan fingerprint density at radius 1 is 1.12 bits per heavy atom. The smallest absolute Gasteiger partial charge is 0.255 e. The molecular weight excluding hydrogens is 338 g/mol. The van der Waals surface area contributed by atoms with Crippen LogP contribution in [0.25, 0.3) is 21.5 Å². The molecule has 2 aromatic heterocycles. The number of anilines is 1. The fourth-order valence-electron chi connectivity index (χ4n) is 2.49. The molecule has 4 nitrogen and oxygen atoms in total. The van der Waals surface area contributed by atoms with Gasteiger partial charge in [-0.3, -0.25) is 4.79 Å². The molecule has 1 N–H and O–H groups in total. The molecule has 0 unspecified atom stereocenters. The van der Waals surface area contributed by atoms with Crippen molar-refractivity contribution in [2.75, 3.05) is 5.32 Å². The second kappa shape index (κ2) is 6.14. The molecule has 0 saturated heterocycles. The predicted molar refractivity (Wildman–Crippen MR) is 99.9 cm³/mol. The van der Waals surface area contributed by atoms with E-state index in [1.165, 1.54) is 11.3 Å². The first-order valence-corrected chi connectivity index (χ1v) is 9.13. The summed E-state index contributed by atoms with van der Waals surface area (Å²) in [6, 6.07) is 13.3. The van der Waals surface area contributed by atoms with Crippen LogP contribution in [0.5, 0.6) is 0 Å². The Kier molecular flexibility index (Phi) is 3.84. The molecule has 4 aromatic rings. The normalized spacial score (nSPS) is 10.9. The van der Waals surface area contributed by atoms with Crippen molar-refractivity contribution >= 4 is 44.5 Å². The van der Waals surface area contributed by atoms with Crippen molar-refractivity contribution in [2.45, 2.75) is 6.92 Å². The number of aryl methyl sites for hydroxylation is 1. The van der Waals surface area contributed by atoms with Gasteiger partial charge in [-0.15, -0.1) is 22.7 Å². The van der Waals surface area contributed by atoms with Crippen LogP contribution in [-0.4, -0.2) is 15.9 Å². The summed E-state index contributed by atoms with van der Waals surface area (Å²) in [5.41, 5.74) is 5.88. The number of para-hydroxylation sites is 1. The molecular formula is C18H13N3OS2. The highest BCUT2D eigenvalue weighted by molar-refractivity contribution is 7.16. The van der Waals surface area contributed by atoms with Crippen LogP contribution in [0.2, 0.25) is 0 Å². The average Bonchev–Trinajstić information content (AvgIpc) is 3.23. The van der Waals surface area contributed by atoms with Crippen molar-refractivity contribution < 1.29 is 4.79 Å². The molecule has 2 aromatic carbocycles. The first kappa shape index (κ1) is 15.0. The maximum Gasteiger partial charge on any atom is 0.255 e. The molecule has 24 heavy (non-hydrogen) atoms. The fourth-order valence-corrected chi connectivity index (χ4v) is 3.82. The van der Waals surface area contributed by atoms with E-state index in [9.17, 15) is 4.79 Å². The van der Waals surface area contributed by atoms with Crippen LogP contribution in [0.15, 0.2) is 53.4 Å². The second-order valence-corrected chi connectivity index (χ2v) is 7.23. The summed E-state index contributed by atoms with van der Waals surface area (Å²) in [5, 5.41) is 6.01. The lowest BCUT2D eigenvalue weighted by molar-refractivity contribution is 0.102. The van der Waals surface area contributed by atoms with Gasteiger partial charge in [0.2, 0.25) is 0 Å². The Morgan fingerprint density at radius 3 is 2.83 bits per heavy atom. The Labute approximate surface area is 146 Å². The SMILES string of the molecule is Cc1nc(-c2ccccc2NC(=O)c2ccc3ncsc3c2)cs1. The maximum atomic E-state index is 12.6. The van der Waals surface area contributed by atoms with E-state index in [0.717, 1.165) is 32.2 Å². The Balaban J connectivity index is 1.66. The number of fused-ring (bicyclic) bond motifs is 1. The fraction of sp³-hybridized carbons (Fsp3) is 0.0556. The summed E-state index contributed by atoms with van der Waals surface area (Å²) in [6.45, 7) is 1.97. The number of carbonyl (C=O) groups is 1. The monoisotopic (exact) mass is 351 g/mol. The number of thiazole rings is 2. The molecule has 0 bridgehead atoms. The molecule has 0 aliphatic heterocycles. The van der Waals surface area contributed by atoms with Crippen molar-refractivity contribution in [2.24, 2.45) is 0 Å². The Hall–Kier alpha value is -2.57. The molecule has 0 atom stereocenters. The largest absolute Gasteiger partial charge is 0.321 e. The number of carbonyl (C=O) groups excluding carboxylic acids is 1. The topological polar surface area (TPSA) is 54.9 Å². The van der Waals surface area contributed by atoms with E-state index in [1.54, 1.807) is 22.9 Å². The van der Waals surface area contributed by atoms with Crippen molar-refractivity contribution in [1.82, 2.24) is 9.97 Å². The summed E-state index contributed by atoms with van der Waals surface area (Å²) in [6.07, 6.45) is 0. The standard InChI is InChI=1S/C18H13N3OS2/c1-11-20-16(9-23-11)13-4-2-3-5-14(13)21-18(22)12-6-7-15-17(8-12)24-10-19-15/h2-10H,1H3,(H,21,22). The van der Waals surface area contributed by atoms with Gasteiger partial charge in [0.1, 0.15) is 0 Å². The van der Waals surface area contributed by atoms with E-state index in [0.29, 0.717) is 5.56 Å². The van der Waals surface area contributed by atoms with Crippen LogP contribution in [0.1, 0.15) is 15.4 Å². The number of aromatic nitrogens is 2. The molecule has 6 heteroatoms. The number of hydrogen-bond acceptors (Lipinski definition) is 5. The van der Waals surface area contributed by atoms with Gasteiger partial charge in [0, 0.05) is 16.5 Å². The molecule has 0 aliphatic carbocycles. The summed E-state index contributed by atoms with van der Waals surface area (Å²) < 4.78 is 1.01. The molecule has 2 heterocycles. The molecule has 0 radical (unpaired) electrons. The van der Waals surface area contributed by atoms with E-state index >= 15 is 0 Å². The summed E-state index contributed by atoms with van der Waals surface area (Å²) in [5.74, 6) is -0.135. The van der Waals surface area contributed by atoms with Crippen molar-refractivity contribution in [3.05, 3.63) is 63.9 Å². The highest BCUT2D eigenvalue weighted by Gasteiger charge is 2.12. The summed E-state index contributed by atoms with van der Waals surface area (Å²) in [4.78, 5) is 21.4. The number of nitrogens with one attached hydrogen (secondary N) is 1. The molecule has 0 aliphatic rings. The third-order valence-corrected chi connectivity index (χ3v) is 5.23. The Bertz CT molecular complexity index is 1040. The van der Waals surface area contributed by atoms with Gasteiger partial charge in [-0.25, -0.2) is 9.97 Å². The van der Waals surface area contributed by atoms with Crippen molar-refractivity contribution in [1.29, 1.82) is 0 Å². The van der Waals surface area contributed by atoms with E-state index < -0.39 is 0 Å². The lowest BCUT2D eigenvalue weighted by atomic mass is 10.1. The van der Waals surface area contributed by atoms with Gasteiger partial charge in [-0.1, -0.05) is 18.2 Å². The van der Waals surface area contributed by atoms with Gasteiger partial charge in [-0.2, -0.15) is 0 Å². The van der Waals surface area contributed by atoms with Crippen LogP contribution in [-0.2, 0) is 0 Å². The second-order valence-electron chi connectivity index (χ2n) is 5.29.